The highest BCUT2D eigenvalue weighted by atomic mass is 16.3. The molecule has 2 heteroatoms. The van der Waals surface area contributed by atoms with Crippen LogP contribution in [0.4, 0.5) is 0 Å². The standard InChI is InChI=1S/C10H8NO/c1-7-2-3-8-6-11-5-4-9(8)10(7)12/h2-6,12H,1H2. The summed E-state index contributed by atoms with van der Waals surface area (Å²) in [6.45, 7) is 3.70. The molecule has 0 bridgehead atoms. The number of phenolic OH excluding ortho intramolecular Hbond substituents is 1. The van der Waals surface area contributed by atoms with E-state index in [1.54, 1.807) is 24.5 Å². The van der Waals surface area contributed by atoms with Gasteiger partial charge in [0.05, 0.1) is 0 Å². The van der Waals surface area contributed by atoms with Crippen molar-refractivity contribution in [1.82, 2.24) is 4.98 Å². The van der Waals surface area contributed by atoms with Crippen molar-refractivity contribution in [2.45, 2.75) is 0 Å². The van der Waals surface area contributed by atoms with Crippen LogP contribution in [0.15, 0.2) is 30.6 Å². The Bertz CT molecular complexity index is 423. The zero-order chi connectivity index (χ0) is 8.55. The third-order valence-corrected chi connectivity index (χ3v) is 1.88. The Morgan fingerprint density at radius 3 is 2.92 bits per heavy atom. The van der Waals surface area contributed by atoms with Crippen molar-refractivity contribution in [1.29, 1.82) is 0 Å². The second kappa shape index (κ2) is 2.48. The van der Waals surface area contributed by atoms with Crippen LogP contribution in [0.3, 0.4) is 0 Å². The van der Waals surface area contributed by atoms with Crippen molar-refractivity contribution >= 4 is 10.8 Å². The summed E-state index contributed by atoms with van der Waals surface area (Å²) >= 11 is 0. The molecule has 0 fully saturated rings. The average molecular weight is 158 g/mol. The fraction of sp³-hybridized carbons (Fsp3) is 0. The third-order valence-electron chi connectivity index (χ3n) is 1.88. The van der Waals surface area contributed by atoms with Crippen molar-refractivity contribution < 1.29 is 5.11 Å². The molecule has 1 heterocycles. The van der Waals surface area contributed by atoms with E-state index in [-0.39, 0.29) is 5.75 Å². The molecule has 2 aromatic rings. The molecule has 0 amide bonds. The van der Waals surface area contributed by atoms with E-state index >= 15 is 0 Å². The van der Waals surface area contributed by atoms with Crippen LogP contribution in [0.2, 0.25) is 0 Å². The average Bonchev–Trinajstić information content (AvgIpc) is 2.12. The molecule has 1 aromatic heterocycles. The van der Waals surface area contributed by atoms with Crippen molar-refractivity contribution in [2.75, 3.05) is 0 Å². The van der Waals surface area contributed by atoms with E-state index in [0.29, 0.717) is 5.56 Å². The van der Waals surface area contributed by atoms with Crippen LogP contribution in [0.1, 0.15) is 5.56 Å². The summed E-state index contributed by atoms with van der Waals surface area (Å²) in [5.74, 6) is 0.245. The second-order valence-corrected chi connectivity index (χ2v) is 2.67. The maximum atomic E-state index is 9.57. The van der Waals surface area contributed by atoms with Crippen LogP contribution in [-0.4, -0.2) is 10.1 Å². The summed E-state index contributed by atoms with van der Waals surface area (Å²) in [6.07, 6.45) is 3.37. The predicted octanol–water partition coefficient (Wildman–Crippen LogP) is 2.12. The first kappa shape index (κ1) is 7.10. The van der Waals surface area contributed by atoms with Crippen molar-refractivity contribution in [2.24, 2.45) is 0 Å². The molecule has 0 aliphatic carbocycles. The highest BCUT2D eigenvalue weighted by molar-refractivity contribution is 5.88. The minimum Gasteiger partial charge on any atom is -0.507 e. The van der Waals surface area contributed by atoms with Gasteiger partial charge in [-0.25, -0.2) is 0 Å². The van der Waals surface area contributed by atoms with Gasteiger partial charge in [-0.2, -0.15) is 0 Å². The number of fused-ring (bicyclic) bond motifs is 1. The zero-order valence-corrected chi connectivity index (χ0v) is 6.49. The number of aromatic nitrogens is 1. The van der Waals surface area contributed by atoms with Crippen LogP contribution >= 0.6 is 0 Å². The van der Waals surface area contributed by atoms with Crippen molar-refractivity contribution in [3.8, 4) is 5.75 Å². The first-order valence-electron chi connectivity index (χ1n) is 3.66. The predicted molar refractivity (Wildman–Crippen MR) is 47.9 cm³/mol. The summed E-state index contributed by atoms with van der Waals surface area (Å²) in [5, 5.41) is 11.3. The summed E-state index contributed by atoms with van der Waals surface area (Å²) in [7, 11) is 0. The number of hydrogen-bond donors (Lipinski definition) is 1. The Hall–Kier alpha value is -1.57. The first-order chi connectivity index (χ1) is 5.79. The zero-order valence-electron chi connectivity index (χ0n) is 6.49. The fourth-order valence-electron chi connectivity index (χ4n) is 1.20. The van der Waals surface area contributed by atoms with E-state index in [0.717, 1.165) is 10.8 Å². The van der Waals surface area contributed by atoms with Crippen molar-refractivity contribution in [3.05, 3.63) is 43.1 Å². The maximum absolute atomic E-state index is 9.57. The summed E-state index contributed by atoms with van der Waals surface area (Å²) in [4.78, 5) is 3.95. The van der Waals surface area contributed by atoms with Gasteiger partial charge < -0.3 is 5.11 Å². The van der Waals surface area contributed by atoms with Gasteiger partial charge >= 0.3 is 0 Å². The number of benzene rings is 1. The Kier molecular flexibility index (Phi) is 1.47. The maximum Gasteiger partial charge on any atom is 0.126 e. The van der Waals surface area contributed by atoms with Crippen LogP contribution in [0.25, 0.3) is 10.8 Å². The molecular weight excluding hydrogens is 150 g/mol. The lowest BCUT2D eigenvalue weighted by atomic mass is 10.1. The molecule has 0 unspecified atom stereocenters. The third kappa shape index (κ3) is 0.925. The molecule has 1 N–H and O–H groups in total. The molecule has 0 saturated carbocycles. The Balaban J connectivity index is 2.91. The minimum absolute atomic E-state index is 0.245. The number of rotatable bonds is 0. The van der Waals surface area contributed by atoms with Gasteiger partial charge in [0.2, 0.25) is 0 Å². The largest absolute Gasteiger partial charge is 0.507 e. The Labute approximate surface area is 70.5 Å². The monoisotopic (exact) mass is 158 g/mol. The molecule has 1 aromatic carbocycles. The van der Waals surface area contributed by atoms with E-state index < -0.39 is 0 Å². The lowest BCUT2D eigenvalue weighted by Gasteiger charge is -2.02. The summed E-state index contributed by atoms with van der Waals surface area (Å²) < 4.78 is 0. The van der Waals surface area contributed by atoms with Gasteiger partial charge in [-0.15, -0.1) is 0 Å². The molecular formula is C10H8NO. The second-order valence-electron chi connectivity index (χ2n) is 2.67. The van der Waals surface area contributed by atoms with E-state index in [2.05, 4.69) is 11.9 Å². The number of aromatic hydroxyl groups is 1. The van der Waals surface area contributed by atoms with Gasteiger partial charge in [-0.05, 0) is 18.6 Å². The molecule has 0 saturated heterocycles. The molecule has 0 aliphatic heterocycles. The summed E-state index contributed by atoms with van der Waals surface area (Å²) in [5.41, 5.74) is 0.647. The Morgan fingerprint density at radius 1 is 1.25 bits per heavy atom. The quantitative estimate of drug-likeness (QED) is 0.637. The lowest BCUT2D eigenvalue weighted by Crippen LogP contribution is -1.79. The Morgan fingerprint density at radius 2 is 2.08 bits per heavy atom. The highest BCUT2D eigenvalue weighted by Crippen LogP contribution is 2.26. The van der Waals surface area contributed by atoms with Gasteiger partial charge in [0, 0.05) is 23.2 Å². The van der Waals surface area contributed by atoms with Crippen LogP contribution < -0.4 is 0 Å². The minimum atomic E-state index is 0.245. The lowest BCUT2D eigenvalue weighted by molar-refractivity contribution is 0.479. The first-order valence-corrected chi connectivity index (χ1v) is 3.66. The van der Waals surface area contributed by atoms with E-state index in [4.69, 9.17) is 0 Å². The van der Waals surface area contributed by atoms with E-state index in [9.17, 15) is 5.11 Å². The SMILES string of the molecule is [CH2]c1ccc2cnccc2c1O. The topological polar surface area (TPSA) is 33.1 Å². The van der Waals surface area contributed by atoms with Crippen molar-refractivity contribution in [3.63, 3.8) is 0 Å². The molecule has 0 spiro atoms. The van der Waals surface area contributed by atoms with Gasteiger partial charge in [0.1, 0.15) is 5.75 Å². The molecule has 59 valence electrons. The number of phenols is 1. The smallest absolute Gasteiger partial charge is 0.126 e. The van der Waals surface area contributed by atoms with Gasteiger partial charge in [0.25, 0.3) is 0 Å². The fourth-order valence-corrected chi connectivity index (χ4v) is 1.20. The van der Waals surface area contributed by atoms with Gasteiger partial charge in [0.15, 0.2) is 0 Å². The van der Waals surface area contributed by atoms with E-state index in [1.165, 1.54) is 0 Å². The number of hydrogen-bond acceptors (Lipinski definition) is 2. The van der Waals surface area contributed by atoms with Gasteiger partial charge in [-0.3, -0.25) is 4.98 Å². The summed E-state index contributed by atoms with van der Waals surface area (Å²) in [6, 6.07) is 5.45. The molecule has 2 rings (SSSR count). The van der Waals surface area contributed by atoms with Crippen LogP contribution in [0.5, 0.6) is 5.75 Å². The van der Waals surface area contributed by atoms with Crippen LogP contribution in [-0.2, 0) is 0 Å². The van der Waals surface area contributed by atoms with Crippen LogP contribution in [0, 0.1) is 6.92 Å². The normalized spacial score (nSPS) is 10.4. The highest BCUT2D eigenvalue weighted by Gasteiger charge is 2.00. The van der Waals surface area contributed by atoms with Gasteiger partial charge in [-0.1, -0.05) is 12.1 Å². The molecule has 2 nitrogen and oxygen atoms in total. The number of pyridine rings is 1. The van der Waals surface area contributed by atoms with E-state index in [1.807, 2.05) is 6.07 Å². The molecule has 0 atom stereocenters. The molecule has 12 heavy (non-hydrogen) atoms. The molecule has 0 aliphatic rings. The number of nitrogens with zero attached hydrogens (tertiary/aromatic N) is 1. The molecule has 1 radical (unpaired) electrons.